The number of ether oxygens (including phenoxy) is 1. The molecule has 0 saturated carbocycles. The molecule has 0 aliphatic rings. The highest BCUT2D eigenvalue weighted by Gasteiger charge is 2.24. The predicted molar refractivity (Wildman–Crippen MR) is 71.2 cm³/mol. The van der Waals surface area contributed by atoms with Gasteiger partial charge in [-0.1, -0.05) is 0 Å². The Kier molecular flexibility index (Phi) is 5.29. The summed E-state index contributed by atoms with van der Waals surface area (Å²) in [5.74, 6) is 1.01. The van der Waals surface area contributed by atoms with E-state index in [2.05, 4.69) is 38.5 Å². The van der Waals surface area contributed by atoms with Crippen LogP contribution in [-0.4, -0.2) is 36.8 Å². The van der Waals surface area contributed by atoms with Crippen molar-refractivity contribution in [3.8, 4) is 5.75 Å². The fourth-order valence-corrected chi connectivity index (χ4v) is 2.75. The van der Waals surface area contributed by atoms with Gasteiger partial charge in [0.15, 0.2) is 0 Å². The molecule has 1 atom stereocenters. The Balaban J connectivity index is 2.51. The van der Waals surface area contributed by atoms with Crippen molar-refractivity contribution in [1.82, 2.24) is 0 Å². The number of rotatable bonds is 7. The van der Waals surface area contributed by atoms with Crippen LogP contribution in [0, 0.1) is 0 Å². The summed E-state index contributed by atoms with van der Waals surface area (Å²) in [6.45, 7) is 13.6. The Bertz CT molecular complexity index is 272. The number of hydrogen-bond donors (Lipinski definition) is 0. The smallest absolute Gasteiger partial charge is 0.145 e. The average Bonchev–Trinajstić information content (AvgIpc) is 2.79. The molecule has 0 spiro atoms. The first kappa shape index (κ1) is 13.5. The monoisotopic (exact) mass is 242 g/mol. The lowest BCUT2D eigenvalue weighted by molar-refractivity contribution is -0.925. The van der Waals surface area contributed by atoms with Crippen molar-refractivity contribution in [3.63, 3.8) is 0 Å². The van der Waals surface area contributed by atoms with E-state index >= 15 is 0 Å². The molecule has 1 rings (SSSR count). The first-order valence-electron chi connectivity index (χ1n) is 6.19. The Hall–Kier alpha value is -0.540. The highest BCUT2D eigenvalue weighted by Crippen LogP contribution is 2.18. The van der Waals surface area contributed by atoms with Crippen molar-refractivity contribution in [2.45, 2.75) is 33.8 Å². The van der Waals surface area contributed by atoms with Crippen LogP contribution in [0.3, 0.4) is 0 Å². The third-order valence-electron chi connectivity index (χ3n) is 3.49. The van der Waals surface area contributed by atoms with Crippen LogP contribution in [0.15, 0.2) is 16.8 Å². The van der Waals surface area contributed by atoms with E-state index in [0.29, 0.717) is 0 Å². The number of thiophene rings is 1. The normalized spacial score (nSPS) is 13.8. The third kappa shape index (κ3) is 3.49. The molecule has 0 aliphatic carbocycles. The third-order valence-corrected chi connectivity index (χ3v) is 4.15. The van der Waals surface area contributed by atoms with Crippen molar-refractivity contribution in [2.24, 2.45) is 0 Å². The summed E-state index contributed by atoms with van der Waals surface area (Å²) in [5, 5.41) is 4.12. The van der Waals surface area contributed by atoms with Gasteiger partial charge in [0.25, 0.3) is 0 Å². The Labute approximate surface area is 103 Å². The van der Waals surface area contributed by atoms with Crippen molar-refractivity contribution in [3.05, 3.63) is 16.8 Å². The zero-order chi connectivity index (χ0) is 12.0. The Morgan fingerprint density at radius 3 is 2.31 bits per heavy atom. The van der Waals surface area contributed by atoms with E-state index in [4.69, 9.17) is 4.74 Å². The predicted octanol–water partition coefficient (Wildman–Crippen LogP) is 3.39. The highest BCUT2D eigenvalue weighted by atomic mass is 32.1. The van der Waals surface area contributed by atoms with Crippen molar-refractivity contribution in [1.29, 1.82) is 0 Å². The summed E-state index contributed by atoms with van der Waals surface area (Å²) in [7, 11) is 0. The molecule has 92 valence electrons. The number of likely N-dealkylation sites (N-methyl/N-ethyl adjacent to an activating group) is 1. The first-order chi connectivity index (χ1) is 7.65. The fourth-order valence-electron chi connectivity index (χ4n) is 2.19. The zero-order valence-electron chi connectivity index (χ0n) is 10.9. The molecule has 0 N–H and O–H groups in total. The molecule has 3 heteroatoms. The van der Waals surface area contributed by atoms with Gasteiger partial charge in [-0.3, -0.25) is 0 Å². The molecule has 0 aromatic carbocycles. The molecule has 1 unspecified atom stereocenters. The van der Waals surface area contributed by atoms with Crippen LogP contribution >= 0.6 is 11.3 Å². The molecular weight excluding hydrogens is 218 g/mol. The second-order valence-corrected chi connectivity index (χ2v) is 5.14. The fraction of sp³-hybridized carbons (Fsp3) is 0.692. The molecular formula is C13H24NOS+. The van der Waals surface area contributed by atoms with Crippen LogP contribution in [-0.2, 0) is 0 Å². The van der Waals surface area contributed by atoms with E-state index in [1.54, 1.807) is 11.3 Å². The molecule has 0 fully saturated rings. The van der Waals surface area contributed by atoms with Gasteiger partial charge in [0.05, 0.1) is 19.6 Å². The largest absolute Gasteiger partial charge is 0.484 e. The van der Waals surface area contributed by atoms with E-state index in [1.807, 2.05) is 6.07 Å². The van der Waals surface area contributed by atoms with Crippen LogP contribution in [0.25, 0.3) is 0 Å². The molecule has 0 amide bonds. The number of quaternary nitrogens is 1. The van der Waals surface area contributed by atoms with Gasteiger partial charge in [0, 0.05) is 5.38 Å². The summed E-state index contributed by atoms with van der Waals surface area (Å²) in [5.41, 5.74) is 0. The second-order valence-electron chi connectivity index (χ2n) is 4.36. The first-order valence-corrected chi connectivity index (χ1v) is 7.14. The van der Waals surface area contributed by atoms with Crippen LogP contribution < -0.4 is 4.74 Å². The second kappa shape index (κ2) is 6.26. The van der Waals surface area contributed by atoms with Crippen LogP contribution in [0.2, 0.25) is 0 Å². The summed E-state index contributed by atoms with van der Waals surface area (Å²) >= 11 is 1.69. The molecule has 0 radical (unpaired) electrons. The van der Waals surface area contributed by atoms with Crippen LogP contribution in [0.1, 0.15) is 27.7 Å². The lowest BCUT2D eigenvalue weighted by Crippen LogP contribution is -2.52. The van der Waals surface area contributed by atoms with Gasteiger partial charge in [-0.2, -0.15) is 0 Å². The van der Waals surface area contributed by atoms with E-state index in [1.165, 1.54) is 19.6 Å². The SMILES string of the molecule is CC[N+](CC)(CC)CC(C)Oc1ccsc1. The van der Waals surface area contributed by atoms with Gasteiger partial charge in [-0.15, -0.1) is 11.3 Å². The van der Waals surface area contributed by atoms with Crippen molar-refractivity contribution in [2.75, 3.05) is 26.2 Å². The topological polar surface area (TPSA) is 9.23 Å². The summed E-state index contributed by atoms with van der Waals surface area (Å²) in [6.07, 6.45) is 0.287. The maximum Gasteiger partial charge on any atom is 0.145 e. The van der Waals surface area contributed by atoms with Crippen molar-refractivity contribution < 1.29 is 9.22 Å². The minimum atomic E-state index is 0.287. The molecule has 0 saturated heterocycles. The quantitative estimate of drug-likeness (QED) is 0.666. The maximum atomic E-state index is 5.91. The van der Waals surface area contributed by atoms with Gasteiger partial charge >= 0.3 is 0 Å². The summed E-state index contributed by atoms with van der Waals surface area (Å²) in [4.78, 5) is 0. The van der Waals surface area contributed by atoms with Gasteiger partial charge in [-0.25, -0.2) is 0 Å². The van der Waals surface area contributed by atoms with Gasteiger partial charge < -0.3 is 9.22 Å². The molecule has 1 heterocycles. The lowest BCUT2D eigenvalue weighted by Gasteiger charge is -2.37. The summed E-state index contributed by atoms with van der Waals surface area (Å²) in [6, 6.07) is 2.04. The molecule has 1 aromatic rings. The summed E-state index contributed by atoms with van der Waals surface area (Å²) < 4.78 is 7.05. The molecule has 0 aliphatic heterocycles. The molecule has 0 bridgehead atoms. The molecule has 1 aromatic heterocycles. The lowest BCUT2D eigenvalue weighted by atomic mass is 10.2. The highest BCUT2D eigenvalue weighted by molar-refractivity contribution is 7.08. The Morgan fingerprint density at radius 1 is 1.25 bits per heavy atom. The number of hydrogen-bond acceptors (Lipinski definition) is 2. The van der Waals surface area contributed by atoms with Crippen molar-refractivity contribution >= 4 is 11.3 Å². The molecule has 16 heavy (non-hydrogen) atoms. The van der Waals surface area contributed by atoms with Gasteiger partial charge in [0.1, 0.15) is 18.4 Å². The maximum absolute atomic E-state index is 5.91. The molecule has 2 nitrogen and oxygen atoms in total. The number of nitrogens with zero attached hydrogens (tertiary/aromatic N) is 1. The van der Waals surface area contributed by atoms with E-state index < -0.39 is 0 Å². The standard InChI is InChI=1S/C13H24NOS/c1-5-14(6-2,7-3)10-12(4)15-13-8-9-16-11-13/h8-9,11-12H,5-7,10H2,1-4H3/q+1. The van der Waals surface area contributed by atoms with E-state index in [0.717, 1.165) is 16.8 Å². The van der Waals surface area contributed by atoms with Crippen LogP contribution in [0.5, 0.6) is 5.75 Å². The minimum absolute atomic E-state index is 0.287. The van der Waals surface area contributed by atoms with E-state index in [9.17, 15) is 0 Å². The zero-order valence-corrected chi connectivity index (χ0v) is 11.7. The Morgan fingerprint density at radius 2 is 1.88 bits per heavy atom. The van der Waals surface area contributed by atoms with Gasteiger partial charge in [-0.05, 0) is 39.1 Å². The van der Waals surface area contributed by atoms with Gasteiger partial charge in [0.2, 0.25) is 0 Å². The average molecular weight is 242 g/mol. The van der Waals surface area contributed by atoms with E-state index in [-0.39, 0.29) is 6.10 Å². The minimum Gasteiger partial charge on any atom is -0.484 e. The van der Waals surface area contributed by atoms with Crippen LogP contribution in [0.4, 0.5) is 0 Å².